The quantitative estimate of drug-likeness (QED) is 0.233. The Bertz CT molecular complexity index is 559. The van der Waals surface area contributed by atoms with E-state index < -0.39 is 12.1 Å². The molecule has 0 aliphatic carbocycles. The Labute approximate surface area is 182 Å². The van der Waals surface area contributed by atoms with Gasteiger partial charge in [0.2, 0.25) is 0 Å². The maximum Gasteiger partial charge on any atom is 0.337 e. The fraction of sp³-hybridized carbons (Fsp3) is 0.720. The number of hydrogen-bond acceptors (Lipinski definition) is 2. The summed E-state index contributed by atoms with van der Waals surface area (Å²) < 4.78 is 0. The van der Waals surface area contributed by atoms with Crippen LogP contribution in [0.25, 0.3) is 0 Å². The molecule has 0 aliphatic rings. The molecule has 0 radical (unpaired) electrons. The van der Waals surface area contributed by atoms with Crippen LogP contribution in [-0.4, -0.2) is 16.2 Å². The minimum absolute atomic E-state index is 0.0553. The topological polar surface area (TPSA) is 57.5 Å². The molecule has 0 aliphatic heterocycles. The maximum absolute atomic E-state index is 11.1. The summed E-state index contributed by atoms with van der Waals surface area (Å²) in [7, 11) is 0. The van der Waals surface area contributed by atoms with Crippen molar-refractivity contribution in [2.24, 2.45) is 0 Å². The summed E-state index contributed by atoms with van der Waals surface area (Å²) in [5.74, 6) is -1.06. The first kappa shape index (κ1) is 26.0. The Balaban J connectivity index is 1.97. The molecule has 0 bridgehead atoms. The summed E-state index contributed by atoms with van der Waals surface area (Å²) in [6, 6.07) is 4.75. The van der Waals surface area contributed by atoms with Gasteiger partial charge in [-0.25, -0.2) is 4.79 Å². The van der Waals surface area contributed by atoms with E-state index >= 15 is 0 Å². The average molecular weight is 425 g/mol. The van der Waals surface area contributed by atoms with Crippen LogP contribution >= 0.6 is 11.6 Å². The second kappa shape index (κ2) is 16.7. The summed E-state index contributed by atoms with van der Waals surface area (Å²) in [6.07, 6.45) is 19.8. The van der Waals surface area contributed by atoms with Crippen molar-refractivity contribution < 1.29 is 15.0 Å². The van der Waals surface area contributed by atoms with Gasteiger partial charge in [-0.2, -0.15) is 0 Å². The lowest BCUT2D eigenvalue weighted by Crippen LogP contribution is -2.03. The van der Waals surface area contributed by atoms with Gasteiger partial charge in [0.05, 0.1) is 16.7 Å². The molecule has 1 aromatic rings. The normalized spacial score (nSPS) is 12.2. The third-order valence-electron chi connectivity index (χ3n) is 5.69. The zero-order chi connectivity index (χ0) is 21.3. The van der Waals surface area contributed by atoms with Crippen LogP contribution in [0.5, 0.6) is 0 Å². The number of benzene rings is 1. The molecule has 0 fully saturated rings. The third-order valence-corrected chi connectivity index (χ3v) is 6.02. The highest BCUT2D eigenvalue weighted by atomic mass is 35.5. The van der Waals surface area contributed by atoms with Crippen LogP contribution in [0.15, 0.2) is 18.2 Å². The summed E-state index contributed by atoms with van der Waals surface area (Å²) in [4.78, 5) is 11.1. The highest BCUT2D eigenvalue weighted by molar-refractivity contribution is 6.33. The van der Waals surface area contributed by atoms with Gasteiger partial charge in [-0.05, 0) is 24.1 Å². The van der Waals surface area contributed by atoms with E-state index in [4.69, 9.17) is 16.7 Å². The van der Waals surface area contributed by atoms with Gasteiger partial charge >= 0.3 is 5.97 Å². The highest BCUT2D eigenvalue weighted by Crippen LogP contribution is 2.25. The number of unbranched alkanes of at least 4 members (excludes halogenated alkanes) is 14. The molecule has 1 rings (SSSR count). The molecule has 0 heterocycles. The Hall–Kier alpha value is -1.06. The molecule has 0 aromatic heterocycles. The second-order valence-corrected chi connectivity index (χ2v) is 8.71. The summed E-state index contributed by atoms with van der Waals surface area (Å²) in [6.45, 7) is 2.27. The van der Waals surface area contributed by atoms with Gasteiger partial charge < -0.3 is 10.2 Å². The molecule has 29 heavy (non-hydrogen) atoms. The van der Waals surface area contributed by atoms with Crippen LogP contribution < -0.4 is 0 Å². The van der Waals surface area contributed by atoms with Crippen LogP contribution in [0.4, 0.5) is 0 Å². The number of halogens is 1. The van der Waals surface area contributed by atoms with E-state index in [1.807, 2.05) is 0 Å². The number of aromatic carboxylic acids is 1. The van der Waals surface area contributed by atoms with Crippen LogP contribution in [0.1, 0.15) is 132 Å². The maximum atomic E-state index is 11.1. The molecule has 0 saturated carbocycles. The average Bonchev–Trinajstić information content (AvgIpc) is 2.70. The molecule has 1 atom stereocenters. The number of carboxylic acids is 1. The van der Waals surface area contributed by atoms with Crippen molar-refractivity contribution >= 4 is 17.6 Å². The van der Waals surface area contributed by atoms with Crippen LogP contribution in [0.2, 0.25) is 5.02 Å². The van der Waals surface area contributed by atoms with E-state index in [2.05, 4.69) is 6.92 Å². The molecule has 0 amide bonds. The molecule has 1 unspecified atom stereocenters. The number of rotatable bonds is 18. The number of aliphatic hydroxyl groups is 1. The molecule has 3 nitrogen and oxygen atoms in total. The predicted molar refractivity (Wildman–Crippen MR) is 123 cm³/mol. The van der Waals surface area contributed by atoms with E-state index in [-0.39, 0.29) is 10.6 Å². The molecular weight excluding hydrogens is 384 g/mol. The van der Waals surface area contributed by atoms with Crippen molar-refractivity contribution in [3.05, 3.63) is 34.3 Å². The van der Waals surface area contributed by atoms with Crippen molar-refractivity contribution in [2.75, 3.05) is 0 Å². The first-order valence-corrected chi connectivity index (χ1v) is 12.1. The summed E-state index contributed by atoms with van der Waals surface area (Å²) >= 11 is 5.88. The minimum Gasteiger partial charge on any atom is -0.478 e. The summed E-state index contributed by atoms with van der Waals surface area (Å²) in [5.41, 5.74) is 0.692. The number of carbonyl (C=O) groups is 1. The van der Waals surface area contributed by atoms with Crippen LogP contribution in [0, 0.1) is 0 Å². The molecule has 166 valence electrons. The minimum atomic E-state index is -1.06. The molecule has 0 spiro atoms. The van der Waals surface area contributed by atoms with Crippen molar-refractivity contribution in [1.29, 1.82) is 0 Å². The van der Waals surface area contributed by atoms with Crippen molar-refractivity contribution in [3.8, 4) is 0 Å². The Morgan fingerprint density at radius 3 is 1.72 bits per heavy atom. The molecule has 0 saturated heterocycles. The van der Waals surface area contributed by atoms with Crippen molar-refractivity contribution in [3.63, 3.8) is 0 Å². The third kappa shape index (κ3) is 12.3. The lowest BCUT2D eigenvalue weighted by atomic mass is 10.00. The van der Waals surface area contributed by atoms with Gasteiger partial charge in [0, 0.05) is 0 Å². The number of carboxylic acid groups (broad SMARTS) is 1. The smallest absolute Gasteiger partial charge is 0.337 e. The highest BCUT2D eigenvalue weighted by Gasteiger charge is 2.13. The Morgan fingerprint density at radius 1 is 0.828 bits per heavy atom. The molecule has 2 N–H and O–H groups in total. The summed E-state index contributed by atoms with van der Waals surface area (Å²) in [5, 5.41) is 19.6. The van der Waals surface area contributed by atoms with E-state index in [0.717, 1.165) is 12.8 Å². The standard InChI is InChI=1S/C25H41ClO3/c1-2-3-4-5-6-7-8-9-10-11-12-13-14-15-16-17-24(27)21-18-19-23(26)22(20-21)25(28)29/h18-20,24,27H,2-17H2,1H3,(H,28,29). The van der Waals surface area contributed by atoms with Crippen LogP contribution in [-0.2, 0) is 0 Å². The molecule has 4 heteroatoms. The predicted octanol–water partition coefficient (Wildman–Crippen LogP) is 8.33. The van der Waals surface area contributed by atoms with Gasteiger partial charge in [0.15, 0.2) is 0 Å². The SMILES string of the molecule is CCCCCCCCCCCCCCCCCC(O)c1ccc(Cl)c(C(=O)O)c1. The van der Waals surface area contributed by atoms with Gasteiger partial charge in [0.25, 0.3) is 0 Å². The fourth-order valence-electron chi connectivity index (χ4n) is 3.79. The molecular formula is C25H41ClO3. The first-order valence-electron chi connectivity index (χ1n) is 11.8. The van der Waals surface area contributed by atoms with E-state index in [1.54, 1.807) is 12.1 Å². The monoisotopic (exact) mass is 424 g/mol. The Morgan fingerprint density at radius 2 is 1.28 bits per heavy atom. The van der Waals surface area contributed by atoms with Crippen molar-refractivity contribution in [1.82, 2.24) is 0 Å². The Kier molecular flexibility index (Phi) is 15.0. The first-order chi connectivity index (χ1) is 14.1. The van der Waals surface area contributed by atoms with Crippen molar-refractivity contribution in [2.45, 2.75) is 116 Å². The zero-order valence-corrected chi connectivity index (χ0v) is 19.1. The van der Waals surface area contributed by atoms with Crippen LogP contribution in [0.3, 0.4) is 0 Å². The number of hydrogen-bond donors (Lipinski definition) is 2. The van der Waals surface area contributed by atoms with Gasteiger partial charge in [-0.15, -0.1) is 0 Å². The second-order valence-electron chi connectivity index (χ2n) is 8.30. The van der Waals surface area contributed by atoms with Gasteiger partial charge in [-0.1, -0.05) is 121 Å². The van der Waals surface area contributed by atoms with E-state index in [0.29, 0.717) is 12.0 Å². The molecule has 1 aromatic carbocycles. The number of aliphatic hydroxyl groups excluding tert-OH is 1. The fourth-order valence-corrected chi connectivity index (χ4v) is 3.99. The van der Waals surface area contributed by atoms with E-state index in [9.17, 15) is 9.90 Å². The van der Waals surface area contributed by atoms with Gasteiger partial charge in [0.1, 0.15) is 0 Å². The van der Waals surface area contributed by atoms with Gasteiger partial charge in [-0.3, -0.25) is 0 Å². The largest absolute Gasteiger partial charge is 0.478 e. The van der Waals surface area contributed by atoms with E-state index in [1.165, 1.54) is 89.5 Å². The lowest BCUT2D eigenvalue weighted by molar-refractivity contribution is 0.0696. The lowest BCUT2D eigenvalue weighted by Gasteiger charge is -2.12. The zero-order valence-electron chi connectivity index (χ0n) is 18.3.